The molecule has 1 aromatic heterocycles. The maximum absolute atomic E-state index is 10.4. The first kappa shape index (κ1) is 15.8. The summed E-state index contributed by atoms with van der Waals surface area (Å²) in [6.45, 7) is 4.31. The second kappa shape index (κ2) is 8.78. The predicted octanol–water partition coefficient (Wildman–Crippen LogP) is 4.51. The van der Waals surface area contributed by atoms with Gasteiger partial charge in [-0.2, -0.15) is 0 Å². The topological polar surface area (TPSA) is 50.4 Å². The van der Waals surface area contributed by atoms with Gasteiger partial charge in [-0.25, -0.2) is 0 Å². The van der Waals surface area contributed by atoms with Gasteiger partial charge in [0.15, 0.2) is 0 Å². The summed E-state index contributed by atoms with van der Waals surface area (Å²) >= 11 is 0. The van der Waals surface area contributed by atoms with Crippen LogP contribution in [0, 0.1) is 6.92 Å². The Hall–Kier alpha value is -1.25. The van der Waals surface area contributed by atoms with Gasteiger partial charge in [0.2, 0.25) is 0 Å². The average Bonchev–Trinajstić information content (AvgIpc) is 2.71. The predicted molar refractivity (Wildman–Crippen MR) is 76.5 cm³/mol. The van der Waals surface area contributed by atoms with Crippen LogP contribution in [0.3, 0.4) is 0 Å². The highest BCUT2D eigenvalue weighted by Crippen LogP contribution is 2.19. The summed E-state index contributed by atoms with van der Waals surface area (Å²) in [5, 5.41) is 8.58. The summed E-state index contributed by atoms with van der Waals surface area (Å²) in [5.41, 5.74) is 1.24. The molecule has 19 heavy (non-hydrogen) atoms. The van der Waals surface area contributed by atoms with Crippen molar-refractivity contribution in [3.8, 4) is 0 Å². The first-order valence-electron chi connectivity index (χ1n) is 7.43. The lowest BCUT2D eigenvalue weighted by Gasteiger charge is -1.99. The first-order chi connectivity index (χ1) is 9.13. The fourth-order valence-corrected chi connectivity index (χ4v) is 2.25. The minimum atomic E-state index is -0.716. The van der Waals surface area contributed by atoms with E-state index in [1.54, 1.807) is 0 Å². The highest BCUT2D eigenvalue weighted by Gasteiger charge is 2.07. The number of carbonyl (C=O) groups is 1. The minimum Gasteiger partial charge on any atom is -0.481 e. The normalized spacial score (nSPS) is 10.8. The summed E-state index contributed by atoms with van der Waals surface area (Å²) in [7, 11) is 0. The van der Waals surface area contributed by atoms with E-state index in [9.17, 15) is 4.79 Å². The number of unbranched alkanes of at least 4 members (excludes halogenated alkanes) is 4. The van der Waals surface area contributed by atoms with Crippen molar-refractivity contribution in [2.75, 3.05) is 0 Å². The maximum Gasteiger partial charge on any atom is 0.303 e. The van der Waals surface area contributed by atoms with Gasteiger partial charge in [-0.1, -0.05) is 26.2 Å². The number of hydrogen-bond donors (Lipinski definition) is 1. The molecule has 0 bridgehead atoms. The molecule has 0 amide bonds. The van der Waals surface area contributed by atoms with Crippen molar-refractivity contribution in [2.45, 2.75) is 71.6 Å². The molecule has 0 aliphatic rings. The molecule has 3 heteroatoms. The van der Waals surface area contributed by atoms with E-state index in [0.29, 0.717) is 0 Å². The Kier molecular flexibility index (Phi) is 7.31. The van der Waals surface area contributed by atoms with Crippen molar-refractivity contribution in [3.05, 3.63) is 23.2 Å². The number of carboxylic acids is 1. The molecule has 0 radical (unpaired) electrons. The number of furan rings is 1. The van der Waals surface area contributed by atoms with Crippen LogP contribution < -0.4 is 0 Å². The van der Waals surface area contributed by atoms with E-state index in [1.807, 2.05) is 0 Å². The number of hydrogen-bond acceptors (Lipinski definition) is 2. The van der Waals surface area contributed by atoms with Crippen LogP contribution in [-0.4, -0.2) is 11.1 Å². The highest BCUT2D eigenvalue weighted by molar-refractivity contribution is 5.66. The Morgan fingerprint density at radius 3 is 2.58 bits per heavy atom. The summed E-state index contributed by atoms with van der Waals surface area (Å²) in [5.74, 6) is 1.41. The van der Waals surface area contributed by atoms with Crippen LogP contribution in [0.1, 0.15) is 69.0 Å². The summed E-state index contributed by atoms with van der Waals surface area (Å²) < 4.78 is 5.85. The van der Waals surface area contributed by atoms with Crippen molar-refractivity contribution in [2.24, 2.45) is 0 Å². The SMILES string of the molecule is CCCCCCc1oc(CCCCC(=O)O)cc1C. The van der Waals surface area contributed by atoms with E-state index < -0.39 is 5.97 Å². The number of carboxylic acid groups (broad SMARTS) is 1. The third-order valence-corrected chi connectivity index (χ3v) is 3.39. The molecule has 0 spiro atoms. The Labute approximate surface area is 116 Å². The quantitative estimate of drug-likeness (QED) is 0.634. The van der Waals surface area contributed by atoms with E-state index in [4.69, 9.17) is 9.52 Å². The lowest BCUT2D eigenvalue weighted by Crippen LogP contribution is -1.94. The van der Waals surface area contributed by atoms with Crippen LogP contribution in [-0.2, 0) is 17.6 Å². The summed E-state index contributed by atoms with van der Waals surface area (Å²) in [4.78, 5) is 10.4. The zero-order valence-electron chi connectivity index (χ0n) is 12.2. The summed E-state index contributed by atoms with van der Waals surface area (Å²) in [6.07, 6.45) is 8.75. The van der Waals surface area contributed by atoms with Crippen LogP contribution >= 0.6 is 0 Å². The molecule has 1 rings (SSSR count). The number of aliphatic carboxylic acids is 1. The molecule has 0 fully saturated rings. The summed E-state index contributed by atoms with van der Waals surface area (Å²) in [6, 6.07) is 2.11. The van der Waals surface area contributed by atoms with Gasteiger partial charge in [-0.15, -0.1) is 0 Å². The van der Waals surface area contributed by atoms with Crippen LogP contribution in [0.2, 0.25) is 0 Å². The molecule has 1 aromatic rings. The Morgan fingerprint density at radius 2 is 1.89 bits per heavy atom. The third kappa shape index (κ3) is 6.46. The van der Waals surface area contributed by atoms with E-state index >= 15 is 0 Å². The van der Waals surface area contributed by atoms with E-state index in [-0.39, 0.29) is 6.42 Å². The van der Waals surface area contributed by atoms with Gasteiger partial charge in [0.05, 0.1) is 0 Å². The van der Waals surface area contributed by atoms with Gasteiger partial charge in [0, 0.05) is 19.3 Å². The number of rotatable bonds is 10. The lowest BCUT2D eigenvalue weighted by atomic mass is 10.1. The van der Waals surface area contributed by atoms with Crippen molar-refractivity contribution in [3.63, 3.8) is 0 Å². The van der Waals surface area contributed by atoms with E-state index in [2.05, 4.69) is 19.9 Å². The maximum atomic E-state index is 10.4. The molecule has 0 aliphatic carbocycles. The highest BCUT2D eigenvalue weighted by atomic mass is 16.4. The average molecular weight is 266 g/mol. The molecular weight excluding hydrogens is 240 g/mol. The largest absolute Gasteiger partial charge is 0.481 e. The van der Waals surface area contributed by atoms with Gasteiger partial charge < -0.3 is 9.52 Å². The van der Waals surface area contributed by atoms with Crippen LogP contribution in [0.4, 0.5) is 0 Å². The second-order valence-corrected chi connectivity index (χ2v) is 5.23. The van der Waals surface area contributed by atoms with Gasteiger partial charge >= 0.3 is 5.97 Å². The Bertz CT molecular complexity index is 379. The number of aryl methyl sites for hydroxylation is 3. The van der Waals surface area contributed by atoms with Crippen LogP contribution in [0.25, 0.3) is 0 Å². The molecule has 0 saturated carbocycles. The molecular formula is C16H26O3. The lowest BCUT2D eigenvalue weighted by molar-refractivity contribution is -0.137. The Morgan fingerprint density at radius 1 is 1.16 bits per heavy atom. The molecule has 0 atom stereocenters. The van der Waals surface area contributed by atoms with Gasteiger partial charge in [-0.05, 0) is 37.8 Å². The zero-order valence-corrected chi connectivity index (χ0v) is 12.2. The van der Waals surface area contributed by atoms with E-state index in [0.717, 1.165) is 37.2 Å². The Balaban J connectivity index is 2.30. The molecule has 0 unspecified atom stereocenters. The van der Waals surface area contributed by atoms with Crippen molar-refractivity contribution in [1.29, 1.82) is 0 Å². The fourth-order valence-electron chi connectivity index (χ4n) is 2.25. The molecule has 1 heterocycles. The van der Waals surface area contributed by atoms with Crippen LogP contribution in [0.15, 0.2) is 10.5 Å². The standard InChI is InChI=1S/C16H26O3/c1-3-4-5-6-10-15-13(2)12-14(19-15)9-7-8-11-16(17)18/h12H,3-11H2,1-2H3,(H,17,18). The zero-order chi connectivity index (χ0) is 14.1. The van der Waals surface area contributed by atoms with Crippen molar-refractivity contribution < 1.29 is 14.3 Å². The van der Waals surface area contributed by atoms with Crippen LogP contribution in [0.5, 0.6) is 0 Å². The third-order valence-electron chi connectivity index (χ3n) is 3.39. The van der Waals surface area contributed by atoms with E-state index in [1.165, 1.54) is 31.2 Å². The van der Waals surface area contributed by atoms with Gasteiger partial charge in [0.25, 0.3) is 0 Å². The van der Waals surface area contributed by atoms with Crippen molar-refractivity contribution >= 4 is 5.97 Å². The monoisotopic (exact) mass is 266 g/mol. The smallest absolute Gasteiger partial charge is 0.303 e. The van der Waals surface area contributed by atoms with Gasteiger partial charge in [-0.3, -0.25) is 4.79 Å². The molecule has 3 nitrogen and oxygen atoms in total. The second-order valence-electron chi connectivity index (χ2n) is 5.23. The molecule has 108 valence electrons. The molecule has 0 aliphatic heterocycles. The minimum absolute atomic E-state index is 0.254. The molecule has 0 aromatic carbocycles. The fraction of sp³-hybridized carbons (Fsp3) is 0.688. The molecule has 0 saturated heterocycles. The molecule has 1 N–H and O–H groups in total. The first-order valence-corrected chi connectivity index (χ1v) is 7.43. The van der Waals surface area contributed by atoms with Crippen molar-refractivity contribution in [1.82, 2.24) is 0 Å². The van der Waals surface area contributed by atoms with Gasteiger partial charge in [0.1, 0.15) is 11.5 Å².